The number of hydrogen-bond acceptors (Lipinski definition) is 5. The first-order valence-electron chi connectivity index (χ1n) is 10.6. The third-order valence-electron chi connectivity index (χ3n) is 6.24. The fraction of sp³-hybridized carbons (Fsp3) is 0.440. The van der Waals surface area contributed by atoms with Crippen molar-refractivity contribution in [3.63, 3.8) is 0 Å². The summed E-state index contributed by atoms with van der Waals surface area (Å²) in [6.45, 7) is 3.20. The van der Waals surface area contributed by atoms with Gasteiger partial charge < -0.3 is 23.8 Å². The second-order valence-corrected chi connectivity index (χ2v) is 7.81. The van der Waals surface area contributed by atoms with Crippen LogP contribution < -0.4 is 18.9 Å². The van der Waals surface area contributed by atoms with Crippen LogP contribution in [0.1, 0.15) is 48.1 Å². The van der Waals surface area contributed by atoms with Gasteiger partial charge in [0.2, 0.25) is 0 Å². The molecule has 0 aromatic heterocycles. The third kappa shape index (κ3) is 3.36. The molecule has 2 aliphatic rings. The number of ether oxygens (including phenoxy) is 4. The predicted molar refractivity (Wildman–Crippen MR) is 119 cm³/mol. The molecule has 0 amide bonds. The van der Waals surface area contributed by atoms with Crippen LogP contribution in [0, 0.1) is 0 Å². The van der Waals surface area contributed by atoms with E-state index in [9.17, 15) is 0 Å². The van der Waals surface area contributed by atoms with Gasteiger partial charge in [-0.25, -0.2) is 0 Å². The van der Waals surface area contributed by atoms with Crippen LogP contribution in [0.15, 0.2) is 30.3 Å². The van der Waals surface area contributed by atoms with Crippen LogP contribution in [0.5, 0.6) is 23.0 Å². The highest BCUT2D eigenvalue weighted by atomic mass is 16.5. The first-order valence-corrected chi connectivity index (χ1v) is 10.6. The van der Waals surface area contributed by atoms with Gasteiger partial charge in [0.15, 0.2) is 23.0 Å². The van der Waals surface area contributed by atoms with Crippen LogP contribution >= 0.6 is 0 Å². The quantitative estimate of drug-likeness (QED) is 0.670. The van der Waals surface area contributed by atoms with Crippen LogP contribution in [0.2, 0.25) is 0 Å². The molecule has 2 aromatic rings. The SMILES string of the molecule is CCC/C=C1/c2cc(OC)c(OC)cc2CC2c3cc(OC)c(OC)cc3CCN12. The minimum absolute atomic E-state index is 0.266. The van der Waals surface area contributed by atoms with E-state index >= 15 is 0 Å². The van der Waals surface area contributed by atoms with E-state index in [-0.39, 0.29) is 6.04 Å². The molecule has 0 bridgehead atoms. The lowest BCUT2D eigenvalue weighted by Gasteiger charge is -2.45. The molecule has 0 saturated heterocycles. The summed E-state index contributed by atoms with van der Waals surface area (Å²) in [5, 5.41) is 0. The lowest BCUT2D eigenvalue weighted by atomic mass is 9.82. The van der Waals surface area contributed by atoms with Gasteiger partial charge in [-0.3, -0.25) is 0 Å². The van der Waals surface area contributed by atoms with Crippen LogP contribution in [0.3, 0.4) is 0 Å². The van der Waals surface area contributed by atoms with E-state index in [1.54, 1.807) is 28.4 Å². The van der Waals surface area contributed by atoms with Crippen LogP contribution in [-0.4, -0.2) is 39.9 Å². The van der Waals surface area contributed by atoms with Crippen LogP contribution in [-0.2, 0) is 12.8 Å². The van der Waals surface area contributed by atoms with Crippen molar-refractivity contribution in [2.45, 2.75) is 38.6 Å². The van der Waals surface area contributed by atoms with Gasteiger partial charge in [0, 0.05) is 17.8 Å². The number of allylic oxidation sites excluding steroid dienone is 1. The molecular weight excluding hydrogens is 378 g/mol. The standard InChI is InChI=1S/C25H31NO4/c1-6-7-8-20-19-15-25(30-5)23(28-3)13-17(19)11-21-18-14-24(29-4)22(27-2)12-16(18)9-10-26(20)21/h8,12-15,21H,6-7,9-11H2,1-5H3/b20-8-. The highest BCUT2D eigenvalue weighted by molar-refractivity contribution is 5.73. The molecule has 5 nitrogen and oxygen atoms in total. The Morgan fingerprint density at radius 1 is 0.867 bits per heavy atom. The summed E-state index contributed by atoms with van der Waals surface area (Å²) in [4.78, 5) is 2.55. The Bertz CT molecular complexity index is 966. The Morgan fingerprint density at radius 2 is 1.47 bits per heavy atom. The smallest absolute Gasteiger partial charge is 0.161 e. The molecule has 30 heavy (non-hydrogen) atoms. The van der Waals surface area contributed by atoms with Crippen LogP contribution in [0.25, 0.3) is 5.70 Å². The maximum atomic E-state index is 5.62. The zero-order valence-corrected chi connectivity index (χ0v) is 18.6. The van der Waals surface area contributed by atoms with Gasteiger partial charge >= 0.3 is 0 Å². The topological polar surface area (TPSA) is 40.2 Å². The number of benzene rings is 2. The maximum absolute atomic E-state index is 5.62. The van der Waals surface area contributed by atoms with E-state index in [2.05, 4.69) is 42.2 Å². The summed E-state index contributed by atoms with van der Waals surface area (Å²) >= 11 is 0. The average Bonchev–Trinajstić information content (AvgIpc) is 2.79. The second kappa shape index (κ2) is 8.50. The molecule has 0 radical (unpaired) electrons. The lowest BCUT2D eigenvalue weighted by molar-refractivity contribution is 0.265. The van der Waals surface area contributed by atoms with Crippen molar-refractivity contribution in [1.82, 2.24) is 4.90 Å². The number of hydrogen-bond donors (Lipinski definition) is 0. The Labute approximate surface area is 179 Å². The van der Waals surface area contributed by atoms with Crippen LogP contribution in [0.4, 0.5) is 0 Å². The summed E-state index contributed by atoms with van der Waals surface area (Å²) in [6, 6.07) is 8.84. The normalized spacial score (nSPS) is 18.4. The van der Waals surface area contributed by atoms with Gasteiger partial charge in [-0.2, -0.15) is 0 Å². The Balaban J connectivity index is 1.86. The summed E-state index contributed by atoms with van der Waals surface area (Å²) in [5.74, 6) is 3.15. The first kappa shape index (κ1) is 20.5. The molecule has 5 heteroatoms. The molecule has 1 unspecified atom stereocenters. The lowest BCUT2D eigenvalue weighted by Crippen LogP contribution is -2.38. The zero-order chi connectivity index (χ0) is 21.3. The Kier molecular flexibility index (Phi) is 5.80. The fourth-order valence-corrected chi connectivity index (χ4v) is 4.74. The molecule has 4 rings (SSSR count). The minimum Gasteiger partial charge on any atom is -0.493 e. The molecule has 0 spiro atoms. The van der Waals surface area contributed by atoms with E-state index < -0.39 is 0 Å². The van der Waals surface area contributed by atoms with Crippen molar-refractivity contribution in [2.24, 2.45) is 0 Å². The van der Waals surface area contributed by atoms with Crippen molar-refractivity contribution in [3.8, 4) is 23.0 Å². The number of fused-ring (bicyclic) bond motifs is 4. The molecule has 0 fully saturated rings. The number of rotatable bonds is 6. The second-order valence-electron chi connectivity index (χ2n) is 7.81. The monoisotopic (exact) mass is 409 g/mol. The highest BCUT2D eigenvalue weighted by Crippen LogP contribution is 2.48. The molecule has 0 saturated carbocycles. The van der Waals surface area contributed by atoms with E-state index in [1.165, 1.54) is 28.0 Å². The van der Waals surface area contributed by atoms with Gasteiger partial charge in [0.05, 0.1) is 34.5 Å². The maximum Gasteiger partial charge on any atom is 0.161 e. The average molecular weight is 410 g/mol. The van der Waals surface area contributed by atoms with Crippen molar-refractivity contribution in [1.29, 1.82) is 0 Å². The third-order valence-corrected chi connectivity index (χ3v) is 6.24. The number of nitrogens with zero attached hydrogens (tertiary/aromatic N) is 1. The molecule has 0 aliphatic carbocycles. The van der Waals surface area contributed by atoms with Gasteiger partial charge in [0.1, 0.15) is 0 Å². The molecule has 2 heterocycles. The van der Waals surface area contributed by atoms with E-state index in [0.29, 0.717) is 0 Å². The van der Waals surface area contributed by atoms with Crippen molar-refractivity contribution >= 4 is 5.70 Å². The summed E-state index contributed by atoms with van der Waals surface area (Å²) in [6.07, 6.45) is 6.44. The molecule has 160 valence electrons. The molecular formula is C25H31NO4. The molecule has 1 atom stereocenters. The van der Waals surface area contributed by atoms with Gasteiger partial charge in [0.25, 0.3) is 0 Å². The number of unbranched alkanes of at least 4 members (excludes halogenated alkanes) is 1. The summed E-state index contributed by atoms with van der Waals surface area (Å²) < 4.78 is 22.4. The zero-order valence-electron chi connectivity index (χ0n) is 18.6. The Morgan fingerprint density at radius 3 is 2.10 bits per heavy atom. The molecule has 0 N–H and O–H groups in total. The van der Waals surface area contributed by atoms with Gasteiger partial charge in [-0.05, 0) is 60.2 Å². The van der Waals surface area contributed by atoms with E-state index in [4.69, 9.17) is 18.9 Å². The largest absolute Gasteiger partial charge is 0.493 e. The Hall–Kier alpha value is -2.82. The molecule has 2 aliphatic heterocycles. The van der Waals surface area contributed by atoms with Gasteiger partial charge in [-0.1, -0.05) is 19.4 Å². The first-order chi connectivity index (χ1) is 14.6. The minimum atomic E-state index is 0.266. The van der Waals surface area contributed by atoms with Crippen molar-refractivity contribution < 1.29 is 18.9 Å². The van der Waals surface area contributed by atoms with Crippen molar-refractivity contribution in [3.05, 3.63) is 52.6 Å². The van der Waals surface area contributed by atoms with E-state index in [1.807, 2.05) is 0 Å². The summed E-state index contributed by atoms with van der Waals surface area (Å²) in [5.41, 5.74) is 6.50. The van der Waals surface area contributed by atoms with E-state index in [0.717, 1.165) is 55.2 Å². The summed E-state index contributed by atoms with van der Waals surface area (Å²) in [7, 11) is 6.79. The van der Waals surface area contributed by atoms with Crippen molar-refractivity contribution in [2.75, 3.05) is 35.0 Å². The fourth-order valence-electron chi connectivity index (χ4n) is 4.74. The molecule has 2 aromatic carbocycles. The number of methoxy groups -OCH3 is 4. The predicted octanol–water partition coefficient (Wildman–Crippen LogP) is 5.02. The van der Waals surface area contributed by atoms with Gasteiger partial charge in [-0.15, -0.1) is 0 Å². The highest BCUT2D eigenvalue weighted by Gasteiger charge is 2.36.